The highest BCUT2D eigenvalue weighted by Gasteiger charge is 2.27. The van der Waals surface area contributed by atoms with Gasteiger partial charge in [0.1, 0.15) is 18.1 Å². The number of methoxy groups -OCH3 is 1. The second-order valence-corrected chi connectivity index (χ2v) is 10.0. The summed E-state index contributed by atoms with van der Waals surface area (Å²) in [5, 5.41) is 2.76. The second-order valence-electron chi connectivity index (χ2n) is 7.05. The van der Waals surface area contributed by atoms with Crippen LogP contribution in [-0.2, 0) is 20.6 Å². The number of sulfonamides is 1. The highest BCUT2D eigenvalue weighted by molar-refractivity contribution is 7.98. The third-order valence-corrected chi connectivity index (χ3v) is 7.55. The van der Waals surface area contributed by atoms with Crippen molar-refractivity contribution in [1.82, 2.24) is 5.32 Å². The number of nitrogens with zero attached hydrogens (tertiary/aromatic N) is 1. The Labute approximate surface area is 197 Å². The summed E-state index contributed by atoms with van der Waals surface area (Å²) in [6, 6.07) is 20.8. The van der Waals surface area contributed by atoms with E-state index in [0.717, 1.165) is 22.2 Å². The Bertz CT molecular complexity index is 1140. The van der Waals surface area contributed by atoms with Crippen molar-refractivity contribution in [3.8, 4) is 5.75 Å². The number of rotatable bonds is 11. The van der Waals surface area contributed by atoms with Crippen LogP contribution in [0.25, 0.3) is 0 Å². The van der Waals surface area contributed by atoms with Crippen LogP contribution in [0.4, 0.5) is 10.1 Å². The maximum atomic E-state index is 13.4. The van der Waals surface area contributed by atoms with E-state index in [1.54, 1.807) is 11.8 Å². The lowest BCUT2D eigenvalue weighted by atomic mass is 10.2. The van der Waals surface area contributed by atoms with Crippen molar-refractivity contribution in [3.63, 3.8) is 0 Å². The van der Waals surface area contributed by atoms with E-state index in [9.17, 15) is 17.6 Å². The molecule has 0 fully saturated rings. The predicted molar refractivity (Wildman–Crippen MR) is 130 cm³/mol. The zero-order valence-electron chi connectivity index (χ0n) is 18.1. The van der Waals surface area contributed by atoms with Crippen molar-refractivity contribution >= 4 is 33.4 Å². The molecule has 0 aliphatic carbocycles. The molecule has 3 rings (SSSR count). The number of carbonyl (C=O) groups is 1. The molecule has 33 heavy (non-hydrogen) atoms. The van der Waals surface area contributed by atoms with Crippen molar-refractivity contribution in [2.75, 3.05) is 30.3 Å². The molecule has 0 radical (unpaired) electrons. The summed E-state index contributed by atoms with van der Waals surface area (Å²) in [4.78, 5) is 12.6. The van der Waals surface area contributed by atoms with Crippen LogP contribution in [-0.4, -0.2) is 40.3 Å². The Balaban J connectivity index is 1.66. The van der Waals surface area contributed by atoms with Crippen molar-refractivity contribution in [2.24, 2.45) is 0 Å². The molecular formula is C24H25FN2O4S2. The monoisotopic (exact) mass is 488 g/mol. The summed E-state index contributed by atoms with van der Waals surface area (Å²) in [5.41, 5.74) is 1.39. The van der Waals surface area contributed by atoms with Crippen LogP contribution < -0.4 is 14.4 Å². The van der Waals surface area contributed by atoms with Crippen LogP contribution in [0.3, 0.4) is 0 Å². The van der Waals surface area contributed by atoms with Gasteiger partial charge in [0, 0.05) is 18.1 Å². The van der Waals surface area contributed by atoms with Crippen molar-refractivity contribution in [2.45, 2.75) is 10.6 Å². The molecule has 0 atom stereocenters. The number of nitrogens with one attached hydrogen (secondary N) is 1. The molecule has 6 nitrogen and oxygen atoms in total. The van der Waals surface area contributed by atoms with Gasteiger partial charge >= 0.3 is 0 Å². The first kappa shape index (κ1) is 24.6. The van der Waals surface area contributed by atoms with Gasteiger partial charge in [0.05, 0.1) is 17.7 Å². The molecule has 174 valence electrons. The van der Waals surface area contributed by atoms with Crippen LogP contribution >= 0.6 is 11.8 Å². The number of thioether (sulfide) groups is 1. The van der Waals surface area contributed by atoms with Crippen LogP contribution in [0.5, 0.6) is 5.75 Å². The van der Waals surface area contributed by atoms with Gasteiger partial charge in [0.25, 0.3) is 10.0 Å². The summed E-state index contributed by atoms with van der Waals surface area (Å²) in [6.07, 6.45) is 0. The first-order chi connectivity index (χ1) is 15.9. The lowest BCUT2D eigenvalue weighted by molar-refractivity contribution is -0.119. The predicted octanol–water partition coefficient (Wildman–Crippen LogP) is 4.08. The van der Waals surface area contributed by atoms with Gasteiger partial charge in [-0.15, -0.1) is 0 Å². The van der Waals surface area contributed by atoms with E-state index >= 15 is 0 Å². The van der Waals surface area contributed by atoms with E-state index in [0.29, 0.717) is 18.0 Å². The van der Waals surface area contributed by atoms with Gasteiger partial charge in [0.15, 0.2) is 0 Å². The molecule has 0 spiro atoms. The standard InChI is InChI=1S/C24H25FN2O4S2/c1-31-22-11-13-23(14-12-22)33(29,30)27(21-9-7-20(25)8-10-21)17-24(28)26-15-16-32-18-19-5-3-2-4-6-19/h2-14H,15-18H2,1H3,(H,26,28). The van der Waals surface area contributed by atoms with Crippen molar-refractivity contribution < 1.29 is 22.3 Å². The molecule has 0 unspecified atom stereocenters. The molecule has 0 saturated heterocycles. The highest BCUT2D eigenvalue weighted by Crippen LogP contribution is 2.25. The third-order valence-electron chi connectivity index (χ3n) is 4.73. The number of halogens is 1. The molecule has 0 aliphatic rings. The summed E-state index contributed by atoms with van der Waals surface area (Å²) in [5.74, 6) is 1.07. The largest absolute Gasteiger partial charge is 0.497 e. The normalized spacial score (nSPS) is 11.1. The summed E-state index contributed by atoms with van der Waals surface area (Å²) in [7, 11) is -2.59. The van der Waals surface area contributed by atoms with Gasteiger partial charge in [-0.05, 0) is 54.1 Å². The number of anilines is 1. The molecular weight excluding hydrogens is 463 g/mol. The summed E-state index contributed by atoms with van der Waals surface area (Å²) >= 11 is 1.67. The molecule has 1 N–H and O–H groups in total. The van der Waals surface area contributed by atoms with Crippen LogP contribution in [0.2, 0.25) is 0 Å². The Morgan fingerprint density at radius 3 is 2.30 bits per heavy atom. The van der Waals surface area contributed by atoms with Gasteiger partial charge in [-0.1, -0.05) is 30.3 Å². The van der Waals surface area contributed by atoms with E-state index < -0.39 is 28.3 Å². The maximum absolute atomic E-state index is 13.4. The van der Waals surface area contributed by atoms with Crippen LogP contribution in [0.15, 0.2) is 83.8 Å². The molecule has 0 heterocycles. The Morgan fingerprint density at radius 1 is 1.00 bits per heavy atom. The molecule has 0 aromatic heterocycles. The Morgan fingerprint density at radius 2 is 1.67 bits per heavy atom. The maximum Gasteiger partial charge on any atom is 0.264 e. The average molecular weight is 489 g/mol. The van der Waals surface area contributed by atoms with Gasteiger partial charge in [-0.3, -0.25) is 9.10 Å². The summed E-state index contributed by atoms with van der Waals surface area (Å²) < 4.78 is 46.1. The lowest BCUT2D eigenvalue weighted by Gasteiger charge is -2.24. The molecule has 3 aromatic carbocycles. The fourth-order valence-electron chi connectivity index (χ4n) is 3.01. The molecule has 0 saturated carbocycles. The lowest BCUT2D eigenvalue weighted by Crippen LogP contribution is -2.41. The quantitative estimate of drug-likeness (QED) is 0.412. The van der Waals surface area contributed by atoms with Crippen molar-refractivity contribution in [3.05, 3.63) is 90.2 Å². The molecule has 0 bridgehead atoms. The number of hydrogen-bond donors (Lipinski definition) is 1. The van der Waals surface area contributed by atoms with E-state index in [-0.39, 0.29) is 10.6 Å². The molecule has 0 aliphatic heterocycles. The van der Waals surface area contributed by atoms with E-state index in [2.05, 4.69) is 5.32 Å². The highest BCUT2D eigenvalue weighted by atomic mass is 32.2. The van der Waals surface area contributed by atoms with Gasteiger partial charge in [-0.2, -0.15) is 11.8 Å². The smallest absolute Gasteiger partial charge is 0.264 e. The summed E-state index contributed by atoms with van der Waals surface area (Å²) in [6.45, 7) is -0.0283. The zero-order chi connectivity index (χ0) is 23.7. The minimum Gasteiger partial charge on any atom is -0.497 e. The topological polar surface area (TPSA) is 75.7 Å². The number of ether oxygens (including phenoxy) is 1. The molecule has 1 amide bonds. The SMILES string of the molecule is COc1ccc(S(=O)(=O)N(CC(=O)NCCSCc2ccccc2)c2ccc(F)cc2)cc1. The molecule has 9 heteroatoms. The number of hydrogen-bond acceptors (Lipinski definition) is 5. The minimum atomic E-state index is -4.07. The first-order valence-corrected chi connectivity index (χ1v) is 12.8. The Kier molecular flexibility index (Phi) is 8.73. The van der Waals surface area contributed by atoms with Gasteiger partial charge in [0.2, 0.25) is 5.91 Å². The van der Waals surface area contributed by atoms with E-state index in [1.807, 2.05) is 30.3 Å². The second kappa shape index (κ2) is 11.7. The first-order valence-electron chi connectivity index (χ1n) is 10.2. The average Bonchev–Trinajstić information content (AvgIpc) is 2.83. The third kappa shape index (κ3) is 6.97. The van der Waals surface area contributed by atoms with Gasteiger partial charge < -0.3 is 10.1 Å². The fourth-order valence-corrected chi connectivity index (χ4v) is 5.25. The van der Waals surface area contributed by atoms with Crippen molar-refractivity contribution in [1.29, 1.82) is 0 Å². The fraction of sp³-hybridized carbons (Fsp3) is 0.208. The van der Waals surface area contributed by atoms with Gasteiger partial charge in [-0.25, -0.2) is 12.8 Å². The molecule has 3 aromatic rings. The van der Waals surface area contributed by atoms with E-state index in [4.69, 9.17) is 4.74 Å². The van der Waals surface area contributed by atoms with Crippen LogP contribution in [0.1, 0.15) is 5.56 Å². The minimum absolute atomic E-state index is 0.00107. The Hall–Kier alpha value is -3.04. The zero-order valence-corrected chi connectivity index (χ0v) is 19.7. The number of amides is 1. The van der Waals surface area contributed by atoms with Crippen LogP contribution in [0, 0.1) is 5.82 Å². The number of carbonyl (C=O) groups excluding carboxylic acids is 1. The van der Waals surface area contributed by atoms with E-state index in [1.165, 1.54) is 49.1 Å². The number of benzene rings is 3.